The molecule has 2 N–H and O–H groups in total. The minimum atomic E-state index is -0.268. The normalized spacial score (nSPS) is 13.3. The van der Waals surface area contributed by atoms with E-state index >= 15 is 0 Å². The van der Waals surface area contributed by atoms with E-state index in [1.165, 1.54) is 0 Å². The summed E-state index contributed by atoms with van der Waals surface area (Å²) in [5.41, 5.74) is 3.04. The highest BCUT2D eigenvalue weighted by Gasteiger charge is 2.16. The summed E-state index contributed by atoms with van der Waals surface area (Å²) < 4.78 is 5.40. The topological polar surface area (TPSA) is 103 Å². The summed E-state index contributed by atoms with van der Waals surface area (Å²) in [6.45, 7) is 6.41. The molecule has 2 aromatic heterocycles. The standard InChI is InChI=1S/C28H35N7O3/c1-20-5-7-23(31-27(36)21-9-10-29-26(17-21)35-13-15-38-16-14-35)18-24(20)32-28(37)22-6-8-25(30-19-22)34(4)12-11-33(2)3/h5-10,17-19H,11-16H2,1-4H3,(H,31,36)(H,32,37). The first kappa shape index (κ1) is 27.0. The zero-order valence-corrected chi connectivity index (χ0v) is 22.4. The molecule has 1 aliphatic heterocycles. The van der Waals surface area contributed by atoms with Gasteiger partial charge in [-0.2, -0.15) is 0 Å². The largest absolute Gasteiger partial charge is 0.378 e. The Morgan fingerprint density at radius 2 is 1.68 bits per heavy atom. The van der Waals surface area contributed by atoms with E-state index in [2.05, 4.69) is 30.4 Å². The summed E-state index contributed by atoms with van der Waals surface area (Å²) in [7, 11) is 6.03. The number of nitrogens with zero attached hydrogens (tertiary/aromatic N) is 5. The van der Waals surface area contributed by atoms with Crippen molar-refractivity contribution in [3.63, 3.8) is 0 Å². The molecule has 10 nitrogen and oxygen atoms in total. The summed E-state index contributed by atoms with van der Waals surface area (Å²) in [5, 5.41) is 5.87. The molecule has 3 aromatic rings. The van der Waals surface area contributed by atoms with Gasteiger partial charge in [0.05, 0.1) is 18.8 Å². The number of aryl methyl sites for hydroxylation is 1. The van der Waals surface area contributed by atoms with Crippen LogP contribution in [0.4, 0.5) is 23.0 Å². The van der Waals surface area contributed by atoms with Crippen LogP contribution in [-0.2, 0) is 4.74 Å². The third kappa shape index (κ3) is 7.05. The van der Waals surface area contributed by atoms with Gasteiger partial charge in [0, 0.05) is 62.6 Å². The number of hydrogen-bond acceptors (Lipinski definition) is 8. The molecule has 0 aliphatic carbocycles. The molecule has 200 valence electrons. The Kier molecular flexibility index (Phi) is 8.88. The lowest BCUT2D eigenvalue weighted by molar-refractivity contribution is 0.101. The quantitative estimate of drug-likeness (QED) is 0.446. The van der Waals surface area contributed by atoms with Crippen molar-refractivity contribution in [2.24, 2.45) is 0 Å². The van der Waals surface area contributed by atoms with Gasteiger partial charge >= 0.3 is 0 Å². The predicted molar refractivity (Wildman–Crippen MR) is 150 cm³/mol. The van der Waals surface area contributed by atoms with Crippen molar-refractivity contribution in [3.05, 3.63) is 71.5 Å². The van der Waals surface area contributed by atoms with Gasteiger partial charge in [-0.3, -0.25) is 9.59 Å². The Bertz CT molecular complexity index is 1260. The molecule has 3 heterocycles. The van der Waals surface area contributed by atoms with Crippen molar-refractivity contribution in [2.45, 2.75) is 6.92 Å². The summed E-state index contributed by atoms with van der Waals surface area (Å²) in [6.07, 6.45) is 3.22. The predicted octanol–water partition coefficient (Wildman–Crippen LogP) is 3.12. The first-order chi connectivity index (χ1) is 18.3. The lowest BCUT2D eigenvalue weighted by Gasteiger charge is -2.27. The zero-order chi connectivity index (χ0) is 27.1. The molecule has 0 bridgehead atoms. The van der Waals surface area contributed by atoms with Crippen LogP contribution in [0.15, 0.2) is 54.9 Å². The molecule has 1 aliphatic rings. The Labute approximate surface area is 223 Å². The molecule has 0 radical (unpaired) electrons. The molecular weight excluding hydrogens is 482 g/mol. The molecule has 1 saturated heterocycles. The third-order valence-corrected chi connectivity index (χ3v) is 6.37. The number of carbonyl (C=O) groups is 2. The first-order valence-corrected chi connectivity index (χ1v) is 12.6. The van der Waals surface area contributed by atoms with E-state index < -0.39 is 0 Å². The fourth-order valence-electron chi connectivity index (χ4n) is 3.97. The number of amides is 2. The molecule has 0 spiro atoms. The average Bonchev–Trinajstić information content (AvgIpc) is 2.94. The van der Waals surface area contributed by atoms with E-state index in [0.29, 0.717) is 35.7 Å². The Hall–Kier alpha value is -4.02. The molecule has 0 atom stereocenters. The maximum atomic E-state index is 13.0. The second kappa shape index (κ2) is 12.5. The lowest BCUT2D eigenvalue weighted by Crippen LogP contribution is -2.36. The van der Waals surface area contributed by atoms with Crippen LogP contribution in [0, 0.1) is 6.92 Å². The number of likely N-dealkylation sites (N-methyl/N-ethyl adjacent to an activating group) is 2. The number of pyridine rings is 2. The van der Waals surface area contributed by atoms with Crippen molar-refractivity contribution >= 4 is 34.8 Å². The maximum Gasteiger partial charge on any atom is 0.257 e. The summed E-state index contributed by atoms with van der Waals surface area (Å²) in [5.74, 6) is 1.04. The van der Waals surface area contributed by atoms with E-state index in [1.807, 2.05) is 51.2 Å². The highest BCUT2D eigenvalue weighted by atomic mass is 16.5. The fraction of sp³-hybridized carbons (Fsp3) is 0.357. The minimum absolute atomic E-state index is 0.249. The van der Waals surface area contributed by atoms with Gasteiger partial charge in [-0.25, -0.2) is 9.97 Å². The maximum absolute atomic E-state index is 13.0. The molecule has 4 rings (SSSR count). The molecule has 0 unspecified atom stereocenters. The van der Waals surface area contributed by atoms with Gasteiger partial charge in [-0.05, 0) is 63.0 Å². The molecule has 10 heteroatoms. The molecule has 38 heavy (non-hydrogen) atoms. The van der Waals surface area contributed by atoms with Crippen LogP contribution in [0.1, 0.15) is 26.3 Å². The third-order valence-electron chi connectivity index (χ3n) is 6.37. The first-order valence-electron chi connectivity index (χ1n) is 12.6. The van der Waals surface area contributed by atoms with Crippen LogP contribution in [0.2, 0.25) is 0 Å². The van der Waals surface area contributed by atoms with Crippen LogP contribution in [0.5, 0.6) is 0 Å². The highest BCUT2D eigenvalue weighted by Crippen LogP contribution is 2.23. The average molecular weight is 518 g/mol. The van der Waals surface area contributed by atoms with Crippen LogP contribution in [-0.4, -0.2) is 87.2 Å². The monoisotopic (exact) mass is 517 g/mol. The van der Waals surface area contributed by atoms with Crippen molar-refractivity contribution in [2.75, 3.05) is 81.0 Å². The van der Waals surface area contributed by atoms with E-state index in [-0.39, 0.29) is 11.8 Å². The van der Waals surface area contributed by atoms with Crippen LogP contribution < -0.4 is 20.4 Å². The van der Waals surface area contributed by atoms with E-state index in [4.69, 9.17) is 4.74 Å². The number of ether oxygens (including phenoxy) is 1. The number of rotatable bonds is 9. The van der Waals surface area contributed by atoms with Gasteiger partial charge in [0.1, 0.15) is 11.6 Å². The van der Waals surface area contributed by atoms with Crippen molar-refractivity contribution in [1.29, 1.82) is 0 Å². The van der Waals surface area contributed by atoms with Gasteiger partial charge in [-0.15, -0.1) is 0 Å². The summed E-state index contributed by atoms with van der Waals surface area (Å²) >= 11 is 0. The van der Waals surface area contributed by atoms with E-state index in [1.54, 1.807) is 36.7 Å². The number of hydrogen-bond donors (Lipinski definition) is 2. The molecule has 1 aromatic carbocycles. The van der Waals surface area contributed by atoms with E-state index in [9.17, 15) is 9.59 Å². The van der Waals surface area contributed by atoms with Crippen LogP contribution in [0.25, 0.3) is 0 Å². The zero-order valence-electron chi connectivity index (χ0n) is 22.4. The van der Waals surface area contributed by atoms with Gasteiger partial charge < -0.3 is 30.1 Å². The Morgan fingerprint density at radius 3 is 2.39 bits per heavy atom. The number of aromatic nitrogens is 2. The number of anilines is 4. The van der Waals surface area contributed by atoms with Crippen molar-refractivity contribution in [1.82, 2.24) is 14.9 Å². The van der Waals surface area contributed by atoms with E-state index in [0.717, 1.165) is 43.4 Å². The minimum Gasteiger partial charge on any atom is -0.378 e. The van der Waals surface area contributed by atoms with Gasteiger partial charge in [0.25, 0.3) is 11.8 Å². The van der Waals surface area contributed by atoms with Crippen molar-refractivity contribution < 1.29 is 14.3 Å². The Morgan fingerprint density at radius 1 is 0.921 bits per heavy atom. The molecular formula is C28H35N7O3. The number of morpholine rings is 1. The molecule has 2 amide bonds. The lowest BCUT2D eigenvalue weighted by atomic mass is 10.1. The summed E-state index contributed by atoms with van der Waals surface area (Å²) in [6, 6.07) is 12.5. The fourth-order valence-corrected chi connectivity index (χ4v) is 3.97. The summed E-state index contributed by atoms with van der Waals surface area (Å²) in [4.78, 5) is 41.0. The smallest absolute Gasteiger partial charge is 0.257 e. The number of nitrogens with one attached hydrogen (secondary N) is 2. The van der Waals surface area contributed by atoms with Crippen molar-refractivity contribution in [3.8, 4) is 0 Å². The van der Waals surface area contributed by atoms with Gasteiger partial charge in [-0.1, -0.05) is 6.07 Å². The highest BCUT2D eigenvalue weighted by molar-refractivity contribution is 6.07. The van der Waals surface area contributed by atoms with Crippen LogP contribution >= 0.6 is 0 Å². The SMILES string of the molecule is Cc1ccc(NC(=O)c2ccnc(N3CCOCC3)c2)cc1NC(=O)c1ccc(N(C)CCN(C)C)nc1. The van der Waals surface area contributed by atoms with Gasteiger partial charge in [0.15, 0.2) is 0 Å². The Balaban J connectivity index is 1.40. The number of carbonyl (C=O) groups excluding carboxylic acids is 2. The molecule has 1 fully saturated rings. The van der Waals surface area contributed by atoms with Gasteiger partial charge in [0.2, 0.25) is 0 Å². The number of benzene rings is 1. The molecule has 0 saturated carbocycles. The second-order valence-corrected chi connectivity index (χ2v) is 9.57. The van der Waals surface area contributed by atoms with Crippen LogP contribution in [0.3, 0.4) is 0 Å². The second-order valence-electron chi connectivity index (χ2n) is 9.57.